The maximum atomic E-state index is 3.61. The van der Waals surface area contributed by atoms with Crippen LogP contribution < -0.4 is 10.6 Å². The van der Waals surface area contributed by atoms with Crippen LogP contribution in [0.3, 0.4) is 0 Å². The van der Waals surface area contributed by atoms with Crippen LogP contribution in [0.15, 0.2) is 0 Å². The van der Waals surface area contributed by atoms with Gasteiger partial charge >= 0.3 is 0 Å². The predicted octanol–water partition coefficient (Wildman–Crippen LogP) is 3.82. The van der Waals surface area contributed by atoms with E-state index in [1.807, 2.05) is 0 Å². The van der Waals surface area contributed by atoms with E-state index in [0.717, 1.165) is 29.6 Å². The Bertz CT molecular complexity index is 298. The lowest BCUT2D eigenvalue weighted by atomic mass is 9.64. The van der Waals surface area contributed by atoms with Crippen molar-refractivity contribution in [1.29, 1.82) is 0 Å². The molecular weight excluding hydrogens is 256 g/mol. The minimum absolute atomic E-state index is 0.933. The summed E-state index contributed by atoms with van der Waals surface area (Å²) in [7, 11) is 2.15. The number of piperidine rings is 1. The molecule has 0 aromatic carbocycles. The molecule has 4 unspecified atom stereocenters. The largest absolute Gasteiger partial charge is 0.319 e. The first kappa shape index (κ1) is 15.8. The van der Waals surface area contributed by atoms with Gasteiger partial charge in [0.1, 0.15) is 0 Å². The van der Waals surface area contributed by atoms with Crippen molar-refractivity contribution in [1.82, 2.24) is 10.6 Å². The smallest absolute Gasteiger partial charge is 0.00204 e. The van der Waals surface area contributed by atoms with E-state index in [1.165, 1.54) is 58.2 Å². The van der Waals surface area contributed by atoms with Gasteiger partial charge in [0.05, 0.1) is 0 Å². The summed E-state index contributed by atoms with van der Waals surface area (Å²) >= 11 is 0. The zero-order valence-corrected chi connectivity index (χ0v) is 14.1. The Hall–Kier alpha value is -0.0800. The van der Waals surface area contributed by atoms with Crippen LogP contribution in [-0.2, 0) is 0 Å². The summed E-state index contributed by atoms with van der Waals surface area (Å²) in [5, 5.41) is 7.12. The van der Waals surface area contributed by atoms with E-state index >= 15 is 0 Å². The highest BCUT2D eigenvalue weighted by Crippen LogP contribution is 2.45. The first-order valence-corrected chi connectivity index (χ1v) is 9.72. The molecule has 1 heterocycles. The highest BCUT2D eigenvalue weighted by atomic mass is 14.9. The van der Waals surface area contributed by atoms with Crippen LogP contribution in [0.5, 0.6) is 0 Å². The van der Waals surface area contributed by atoms with Gasteiger partial charge in [-0.25, -0.2) is 0 Å². The predicted molar refractivity (Wildman–Crippen MR) is 90.4 cm³/mol. The zero-order chi connectivity index (χ0) is 14.5. The molecule has 1 saturated heterocycles. The first-order chi connectivity index (χ1) is 10.4. The van der Waals surface area contributed by atoms with Gasteiger partial charge in [-0.1, -0.05) is 25.7 Å². The summed E-state index contributed by atoms with van der Waals surface area (Å²) in [4.78, 5) is 0. The Morgan fingerprint density at radius 1 is 1.00 bits per heavy atom. The summed E-state index contributed by atoms with van der Waals surface area (Å²) in [5.74, 6) is 5.07. The molecule has 21 heavy (non-hydrogen) atoms. The summed E-state index contributed by atoms with van der Waals surface area (Å²) in [6, 6.07) is 0. The van der Waals surface area contributed by atoms with Crippen LogP contribution in [-0.4, -0.2) is 26.7 Å². The lowest BCUT2D eigenvalue weighted by molar-refractivity contribution is 0.0882. The fraction of sp³-hybridized carbons (Fsp3) is 1.00. The lowest BCUT2D eigenvalue weighted by Gasteiger charge is -2.43. The second-order valence-corrected chi connectivity index (χ2v) is 8.14. The van der Waals surface area contributed by atoms with Gasteiger partial charge in [-0.3, -0.25) is 0 Å². The number of nitrogens with one attached hydrogen (secondary N) is 2. The van der Waals surface area contributed by atoms with Gasteiger partial charge in [0.25, 0.3) is 0 Å². The number of rotatable bonds is 5. The SMILES string of the molecule is CNCC(CC1CCCNC1)[C@@H]1CCC2CCCCC2C1. The first-order valence-electron chi connectivity index (χ1n) is 9.72. The van der Waals surface area contributed by atoms with E-state index < -0.39 is 0 Å². The van der Waals surface area contributed by atoms with Crippen molar-refractivity contribution in [3.8, 4) is 0 Å². The molecule has 1 aliphatic heterocycles. The quantitative estimate of drug-likeness (QED) is 0.805. The molecule has 0 spiro atoms. The third-order valence-corrected chi connectivity index (χ3v) is 6.75. The van der Waals surface area contributed by atoms with Gasteiger partial charge in [-0.05, 0) is 94.8 Å². The van der Waals surface area contributed by atoms with Crippen LogP contribution in [0.1, 0.15) is 64.2 Å². The molecule has 122 valence electrons. The summed E-state index contributed by atoms with van der Waals surface area (Å²) in [6.07, 6.45) is 15.0. The molecule has 2 heteroatoms. The average molecular weight is 293 g/mol. The molecular formula is C19H36N2. The Kier molecular flexibility index (Phi) is 5.99. The lowest BCUT2D eigenvalue weighted by Crippen LogP contribution is -2.38. The standard InChI is InChI=1S/C19H36N2/c1-20-14-19(11-15-5-4-10-21-13-15)18-9-8-16-6-2-3-7-17(16)12-18/h15-21H,2-14H2,1H3/t15?,16?,17?,18-,19?/m1/s1. The molecule has 5 atom stereocenters. The number of hydrogen-bond donors (Lipinski definition) is 2. The van der Waals surface area contributed by atoms with Gasteiger partial charge < -0.3 is 10.6 Å². The van der Waals surface area contributed by atoms with Crippen LogP contribution >= 0.6 is 0 Å². The van der Waals surface area contributed by atoms with Gasteiger partial charge in [0, 0.05) is 0 Å². The fourth-order valence-corrected chi connectivity index (χ4v) is 5.60. The van der Waals surface area contributed by atoms with E-state index in [4.69, 9.17) is 0 Å². The van der Waals surface area contributed by atoms with Crippen LogP contribution in [0.25, 0.3) is 0 Å². The molecule has 0 aromatic rings. The van der Waals surface area contributed by atoms with Gasteiger partial charge in [-0.2, -0.15) is 0 Å². The molecule has 0 bridgehead atoms. The van der Waals surface area contributed by atoms with Crippen molar-refractivity contribution in [3.05, 3.63) is 0 Å². The van der Waals surface area contributed by atoms with E-state index in [0.29, 0.717) is 0 Å². The highest BCUT2D eigenvalue weighted by Gasteiger charge is 2.35. The van der Waals surface area contributed by atoms with E-state index in [1.54, 1.807) is 25.7 Å². The maximum absolute atomic E-state index is 3.61. The fourth-order valence-electron chi connectivity index (χ4n) is 5.60. The second kappa shape index (κ2) is 7.97. The highest BCUT2D eigenvalue weighted by molar-refractivity contribution is 4.87. The van der Waals surface area contributed by atoms with Gasteiger partial charge in [0.15, 0.2) is 0 Å². The van der Waals surface area contributed by atoms with E-state index in [9.17, 15) is 0 Å². The van der Waals surface area contributed by atoms with E-state index in [-0.39, 0.29) is 0 Å². The molecule has 0 aromatic heterocycles. The molecule has 2 aliphatic carbocycles. The van der Waals surface area contributed by atoms with Gasteiger partial charge in [-0.15, -0.1) is 0 Å². The average Bonchev–Trinajstić information content (AvgIpc) is 2.55. The Morgan fingerprint density at radius 3 is 2.62 bits per heavy atom. The van der Waals surface area contributed by atoms with Crippen molar-refractivity contribution >= 4 is 0 Å². The van der Waals surface area contributed by atoms with Crippen molar-refractivity contribution in [2.75, 3.05) is 26.7 Å². The van der Waals surface area contributed by atoms with Crippen LogP contribution in [0, 0.1) is 29.6 Å². The Labute approximate surface area is 131 Å². The van der Waals surface area contributed by atoms with Crippen molar-refractivity contribution in [2.24, 2.45) is 29.6 Å². The normalized spacial score (nSPS) is 38.7. The van der Waals surface area contributed by atoms with Gasteiger partial charge in [0.2, 0.25) is 0 Å². The molecule has 3 fully saturated rings. The van der Waals surface area contributed by atoms with Crippen molar-refractivity contribution in [3.63, 3.8) is 0 Å². The molecule has 2 nitrogen and oxygen atoms in total. The van der Waals surface area contributed by atoms with Crippen molar-refractivity contribution < 1.29 is 0 Å². The minimum Gasteiger partial charge on any atom is -0.319 e. The number of hydrogen-bond acceptors (Lipinski definition) is 2. The molecule has 0 amide bonds. The summed E-state index contributed by atoms with van der Waals surface area (Å²) in [5.41, 5.74) is 0. The van der Waals surface area contributed by atoms with Crippen LogP contribution in [0.2, 0.25) is 0 Å². The number of fused-ring (bicyclic) bond motifs is 1. The summed E-state index contributed by atoms with van der Waals surface area (Å²) < 4.78 is 0. The Balaban J connectivity index is 1.55. The monoisotopic (exact) mass is 292 g/mol. The third kappa shape index (κ3) is 4.22. The summed E-state index contributed by atoms with van der Waals surface area (Å²) in [6.45, 7) is 3.78. The second-order valence-electron chi connectivity index (χ2n) is 8.14. The molecule has 3 aliphatic rings. The Morgan fingerprint density at radius 2 is 1.86 bits per heavy atom. The maximum Gasteiger partial charge on any atom is -0.00204 e. The third-order valence-electron chi connectivity index (χ3n) is 6.75. The molecule has 2 saturated carbocycles. The molecule has 2 N–H and O–H groups in total. The molecule has 3 rings (SSSR count). The minimum atomic E-state index is 0.933. The topological polar surface area (TPSA) is 24.1 Å². The van der Waals surface area contributed by atoms with E-state index in [2.05, 4.69) is 17.7 Å². The zero-order valence-electron chi connectivity index (χ0n) is 14.1. The van der Waals surface area contributed by atoms with Crippen LogP contribution in [0.4, 0.5) is 0 Å². The van der Waals surface area contributed by atoms with Crippen molar-refractivity contribution in [2.45, 2.75) is 64.2 Å². The molecule has 0 radical (unpaired) electrons.